The van der Waals surface area contributed by atoms with Crippen LogP contribution in [0.3, 0.4) is 0 Å². The molecule has 2 N–H and O–H groups in total. The molecule has 130 valence electrons. The first-order chi connectivity index (χ1) is 12.1. The second kappa shape index (κ2) is 8.96. The van der Waals surface area contributed by atoms with E-state index in [9.17, 15) is 19.7 Å². The predicted molar refractivity (Wildman–Crippen MR) is 89.1 cm³/mol. The molecule has 0 aliphatic heterocycles. The van der Waals surface area contributed by atoms with E-state index in [2.05, 4.69) is 15.6 Å². The molecule has 0 radical (unpaired) electrons. The molecule has 0 bridgehead atoms. The molecule has 1 aromatic carbocycles. The van der Waals surface area contributed by atoms with E-state index < -0.39 is 16.8 Å². The lowest BCUT2D eigenvalue weighted by atomic mass is 10.3. The third-order valence-corrected chi connectivity index (χ3v) is 3.09. The maximum Gasteiger partial charge on any atom is 0.340 e. The number of amides is 1. The molecule has 0 fully saturated rings. The fourth-order valence-electron chi connectivity index (χ4n) is 1.86. The van der Waals surface area contributed by atoms with Crippen LogP contribution < -0.4 is 10.6 Å². The Kier molecular flexibility index (Phi) is 6.40. The number of anilines is 1. The van der Waals surface area contributed by atoms with Gasteiger partial charge in [-0.05, 0) is 24.3 Å². The average Bonchev–Trinajstić information content (AvgIpc) is 2.64. The lowest BCUT2D eigenvalue weighted by molar-refractivity contribution is -0.384. The number of benzene rings is 1. The Morgan fingerprint density at radius 1 is 1.16 bits per heavy atom. The van der Waals surface area contributed by atoms with Gasteiger partial charge in [-0.15, -0.1) is 0 Å². The van der Waals surface area contributed by atoms with E-state index in [4.69, 9.17) is 4.74 Å². The molecule has 2 rings (SSSR count). The van der Waals surface area contributed by atoms with Crippen molar-refractivity contribution in [3.63, 3.8) is 0 Å². The summed E-state index contributed by atoms with van der Waals surface area (Å²) in [5.41, 5.74) is 0.979. The van der Waals surface area contributed by atoms with E-state index in [1.54, 1.807) is 24.3 Å². The number of pyridine rings is 1. The molecule has 0 unspecified atom stereocenters. The maximum absolute atomic E-state index is 11.6. The Balaban J connectivity index is 1.63. The molecule has 1 aromatic heterocycles. The Hall–Kier alpha value is -3.49. The number of aromatic nitrogens is 1. The molecule has 1 heterocycles. The molecule has 0 saturated carbocycles. The van der Waals surface area contributed by atoms with Gasteiger partial charge in [0.15, 0.2) is 6.61 Å². The van der Waals surface area contributed by atoms with E-state index in [0.717, 1.165) is 0 Å². The fraction of sp³-hybridized carbons (Fsp3) is 0.188. The fourth-order valence-corrected chi connectivity index (χ4v) is 1.86. The number of ether oxygens (including phenoxy) is 1. The normalized spacial score (nSPS) is 9.92. The molecule has 2 aromatic rings. The van der Waals surface area contributed by atoms with Crippen LogP contribution >= 0.6 is 0 Å². The number of hydrogen-bond donors (Lipinski definition) is 2. The van der Waals surface area contributed by atoms with E-state index >= 15 is 0 Å². The van der Waals surface area contributed by atoms with E-state index in [0.29, 0.717) is 18.8 Å². The van der Waals surface area contributed by atoms with Gasteiger partial charge in [-0.2, -0.15) is 0 Å². The lowest BCUT2D eigenvalue weighted by Crippen LogP contribution is -2.32. The molecule has 0 atom stereocenters. The zero-order valence-electron chi connectivity index (χ0n) is 13.2. The summed E-state index contributed by atoms with van der Waals surface area (Å²) in [6, 6.07) is 9.07. The number of nitrogens with one attached hydrogen (secondary N) is 2. The first-order valence-electron chi connectivity index (χ1n) is 7.38. The van der Waals surface area contributed by atoms with Gasteiger partial charge in [-0.3, -0.25) is 19.9 Å². The van der Waals surface area contributed by atoms with Gasteiger partial charge in [0.2, 0.25) is 0 Å². The molecular formula is C16H16N4O5. The number of nitrogens with zero attached hydrogens (tertiary/aromatic N) is 2. The molecular weight excluding hydrogens is 328 g/mol. The largest absolute Gasteiger partial charge is 0.452 e. The zero-order valence-corrected chi connectivity index (χ0v) is 13.2. The standard InChI is InChI=1S/C16H16N4O5/c21-15(11-25-16(22)12-2-1-7-17-10-12)19-9-8-18-13-3-5-14(6-4-13)20(23)24/h1-7,10,18H,8-9,11H2,(H,19,21). The monoisotopic (exact) mass is 344 g/mol. The Morgan fingerprint density at radius 3 is 2.56 bits per heavy atom. The van der Waals surface area contributed by atoms with Crippen LogP contribution in [0.5, 0.6) is 0 Å². The second-order valence-electron chi connectivity index (χ2n) is 4.90. The van der Waals surface area contributed by atoms with Gasteiger partial charge in [0.1, 0.15) is 0 Å². The number of hydrogen-bond acceptors (Lipinski definition) is 7. The minimum absolute atomic E-state index is 0.00860. The summed E-state index contributed by atoms with van der Waals surface area (Å²) in [6.07, 6.45) is 2.88. The van der Waals surface area contributed by atoms with Gasteiger partial charge in [-0.1, -0.05) is 0 Å². The number of rotatable bonds is 8. The van der Waals surface area contributed by atoms with Crippen molar-refractivity contribution in [2.75, 3.05) is 25.0 Å². The van der Waals surface area contributed by atoms with E-state index in [1.165, 1.54) is 24.5 Å². The molecule has 9 heteroatoms. The first kappa shape index (κ1) is 17.9. The van der Waals surface area contributed by atoms with Gasteiger partial charge >= 0.3 is 5.97 Å². The van der Waals surface area contributed by atoms with Crippen LogP contribution in [0.1, 0.15) is 10.4 Å². The number of nitro groups is 1. The molecule has 0 aliphatic carbocycles. The van der Waals surface area contributed by atoms with Crippen molar-refractivity contribution in [3.8, 4) is 0 Å². The quantitative estimate of drug-likeness (QED) is 0.321. The van der Waals surface area contributed by atoms with Gasteiger partial charge in [0, 0.05) is 43.3 Å². The molecule has 1 amide bonds. The highest BCUT2D eigenvalue weighted by molar-refractivity contribution is 5.90. The SMILES string of the molecule is O=C(COC(=O)c1cccnc1)NCCNc1ccc([N+](=O)[O-])cc1. The summed E-state index contributed by atoms with van der Waals surface area (Å²) in [4.78, 5) is 37.1. The van der Waals surface area contributed by atoms with Crippen LogP contribution in [-0.2, 0) is 9.53 Å². The first-order valence-corrected chi connectivity index (χ1v) is 7.38. The molecule has 0 aliphatic rings. The number of nitro benzene ring substituents is 1. The van der Waals surface area contributed by atoms with E-state index in [1.807, 2.05) is 0 Å². The van der Waals surface area contributed by atoms with Crippen LogP contribution in [0.15, 0.2) is 48.8 Å². The van der Waals surface area contributed by atoms with Crippen LogP contribution in [0, 0.1) is 10.1 Å². The van der Waals surface area contributed by atoms with Crippen LogP contribution in [0.2, 0.25) is 0 Å². The number of esters is 1. The Bertz CT molecular complexity index is 734. The smallest absolute Gasteiger partial charge is 0.340 e. The zero-order chi connectivity index (χ0) is 18.1. The minimum atomic E-state index is -0.618. The Labute approximate surface area is 143 Å². The molecule has 25 heavy (non-hydrogen) atoms. The van der Waals surface area contributed by atoms with Crippen LogP contribution in [-0.4, -0.2) is 41.5 Å². The lowest BCUT2D eigenvalue weighted by Gasteiger charge is -2.08. The van der Waals surface area contributed by atoms with Crippen LogP contribution in [0.4, 0.5) is 11.4 Å². The number of non-ortho nitro benzene ring substituents is 1. The van der Waals surface area contributed by atoms with Gasteiger partial charge in [0.25, 0.3) is 11.6 Å². The molecule has 0 saturated heterocycles. The summed E-state index contributed by atoms with van der Waals surface area (Å²) in [5.74, 6) is -1.05. The minimum Gasteiger partial charge on any atom is -0.452 e. The van der Waals surface area contributed by atoms with E-state index in [-0.39, 0.29) is 17.9 Å². The van der Waals surface area contributed by atoms with Gasteiger partial charge in [-0.25, -0.2) is 4.79 Å². The van der Waals surface area contributed by atoms with Crippen LogP contribution in [0.25, 0.3) is 0 Å². The summed E-state index contributed by atoms with van der Waals surface area (Å²) in [6.45, 7) is 0.339. The highest BCUT2D eigenvalue weighted by Gasteiger charge is 2.09. The topological polar surface area (TPSA) is 123 Å². The third-order valence-electron chi connectivity index (χ3n) is 3.09. The highest BCUT2D eigenvalue weighted by atomic mass is 16.6. The summed E-state index contributed by atoms with van der Waals surface area (Å²) in [5, 5.41) is 16.1. The third kappa shape index (κ3) is 5.90. The number of carbonyl (C=O) groups excluding carboxylic acids is 2. The summed E-state index contributed by atoms with van der Waals surface area (Å²) < 4.78 is 4.87. The summed E-state index contributed by atoms with van der Waals surface area (Å²) in [7, 11) is 0. The number of carbonyl (C=O) groups is 2. The maximum atomic E-state index is 11.6. The average molecular weight is 344 g/mol. The molecule has 0 spiro atoms. The second-order valence-corrected chi connectivity index (χ2v) is 4.90. The Morgan fingerprint density at radius 2 is 1.92 bits per heavy atom. The van der Waals surface area contributed by atoms with Gasteiger partial charge < -0.3 is 15.4 Å². The summed E-state index contributed by atoms with van der Waals surface area (Å²) >= 11 is 0. The van der Waals surface area contributed by atoms with Crippen molar-refractivity contribution in [2.24, 2.45) is 0 Å². The predicted octanol–water partition coefficient (Wildman–Crippen LogP) is 1.37. The van der Waals surface area contributed by atoms with Crippen molar-refractivity contribution in [2.45, 2.75) is 0 Å². The molecule has 9 nitrogen and oxygen atoms in total. The van der Waals surface area contributed by atoms with Crippen molar-refractivity contribution in [3.05, 3.63) is 64.5 Å². The van der Waals surface area contributed by atoms with Crippen molar-refractivity contribution in [1.29, 1.82) is 0 Å². The van der Waals surface area contributed by atoms with Crippen molar-refractivity contribution < 1.29 is 19.2 Å². The van der Waals surface area contributed by atoms with Crippen molar-refractivity contribution >= 4 is 23.3 Å². The van der Waals surface area contributed by atoms with Crippen molar-refractivity contribution in [1.82, 2.24) is 10.3 Å². The van der Waals surface area contributed by atoms with Gasteiger partial charge in [0.05, 0.1) is 10.5 Å². The highest BCUT2D eigenvalue weighted by Crippen LogP contribution is 2.14.